The Bertz CT molecular complexity index is 1670. The topological polar surface area (TPSA) is 73.8 Å². The number of benzene rings is 3. The molecule has 2 aliphatic heterocycles. The summed E-state index contributed by atoms with van der Waals surface area (Å²) in [5.41, 5.74) is 8.12. The minimum absolute atomic E-state index is 0.00260. The summed E-state index contributed by atoms with van der Waals surface area (Å²) in [6.07, 6.45) is -1.94. The van der Waals surface area contributed by atoms with E-state index >= 15 is 0 Å². The van der Waals surface area contributed by atoms with Crippen LogP contribution >= 0.6 is 0 Å². The van der Waals surface area contributed by atoms with Gasteiger partial charge in [-0.05, 0) is 72.4 Å². The van der Waals surface area contributed by atoms with Crippen LogP contribution in [-0.4, -0.2) is 85.0 Å². The summed E-state index contributed by atoms with van der Waals surface area (Å²) in [5.74, 6) is -0.247. The molecule has 11 heteroatoms. The molecule has 0 saturated carbocycles. The van der Waals surface area contributed by atoms with Crippen LogP contribution in [0, 0.1) is 13.8 Å². The van der Waals surface area contributed by atoms with E-state index in [0.29, 0.717) is 19.6 Å². The molecule has 3 N–H and O–H groups in total. The molecule has 1 unspecified atom stereocenters. The molecule has 256 valence electrons. The maximum absolute atomic E-state index is 12.8. The number of carbonyl (C=O) groups is 1. The zero-order valence-corrected chi connectivity index (χ0v) is 27.7. The van der Waals surface area contributed by atoms with Gasteiger partial charge in [0.1, 0.15) is 5.75 Å². The van der Waals surface area contributed by atoms with E-state index in [-0.39, 0.29) is 17.7 Å². The number of carbonyl (C=O) groups excluding carboxylic acids is 1. The summed E-state index contributed by atoms with van der Waals surface area (Å²) in [6, 6.07) is 18.9. The number of fused-ring (bicyclic) bond motifs is 1. The second-order valence-electron chi connectivity index (χ2n) is 12.9. The lowest BCUT2D eigenvalue weighted by Gasteiger charge is -2.35. The first-order chi connectivity index (χ1) is 23.1. The van der Waals surface area contributed by atoms with Crippen molar-refractivity contribution >= 4 is 16.8 Å². The highest BCUT2D eigenvalue weighted by Gasteiger charge is 2.31. The van der Waals surface area contributed by atoms with Crippen LogP contribution in [0.5, 0.6) is 5.75 Å². The Kier molecular flexibility index (Phi) is 10.7. The molecule has 0 spiro atoms. The minimum atomic E-state index is -4.74. The van der Waals surface area contributed by atoms with Gasteiger partial charge in [-0.1, -0.05) is 36.4 Å². The fraction of sp³-hybridized carbons (Fsp3) is 0.432. The fourth-order valence-corrected chi connectivity index (χ4v) is 6.80. The van der Waals surface area contributed by atoms with Gasteiger partial charge in [-0.3, -0.25) is 14.6 Å². The van der Waals surface area contributed by atoms with Crippen LogP contribution in [0.15, 0.2) is 66.9 Å². The Hall–Kier alpha value is -3.90. The number of aryl methyl sites for hydroxylation is 3. The van der Waals surface area contributed by atoms with Crippen LogP contribution in [0.1, 0.15) is 28.7 Å². The highest BCUT2D eigenvalue weighted by molar-refractivity contribution is 5.96. The number of nitrogens with zero attached hydrogens (tertiary/aromatic N) is 3. The van der Waals surface area contributed by atoms with E-state index in [9.17, 15) is 18.0 Å². The molecule has 0 bridgehead atoms. The first-order valence-corrected chi connectivity index (χ1v) is 16.8. The lowest BCUT2D eigenvalue weighted by molar-refractivity contribution is -0.274. The maximum Gasteiger partial charge on any atom is 0.573 e. The van der Waals surface area contributed by atoms with Gasteiger partial charge in [-0.25, -0.2) is 0 Å². The number of rotatable bonds is 11. The summed E-state index contributed by atoms with van der Waals surface area (Å²) in [4.78, 5) is 17.6. The Morgan fingerprint density at radius 1 is 0.938 bits per heavy atom. The van der Waals surface area contributed by atoms with Gasteiger partial charge in [0.2, 0.25) is 5.91 Å². The van der Waals surface area contributed by atoms with Crippen LogP contribution in [0.4, 0.5) is 13.2 Å². The van der Waals surface area contributed by atoms with E-state index in [4.69, 9.17) is 0 Å². The molecule has 6 rings (SSSR count). The van der Waals surface area contributed by atoms with Gasteiger partial charge in [0, 0.05) is 94.7 Å². The molecular formula is C37H45F3N6O2. The van der Waals surface area contributed by atoms with Crippen molar-refractivity contribution in [1.82, 2.24) is 30.3 Å². The third kappa shape index (κ3) is 8.57. The highest BCUT2D eigenvalue weighted by atomic mass is 19.4. The van der Waals surface area contributed by atoms with Gasteiger partial charge in [0.15, 0.2) is 0 Å². The second kappa shape index (κ2) is 15.1. The van der Waals surface area contributed by atoms with Crippen LogP contribution in [0.3, 0.4) is 0 Å². The average Bonchev–Trinajstić information content (AvgIpc) is 3.43. The predicted octanol–water partition coefficient (Wildman–Crippen LogP) is 5.21. The zero-order chi connectivity index (χ0) is 33.7. The van der Waals surface area contributed by atoms with Gasteiger partial charge in [0.05, 0.1) is 6.04 Å². The van der Waals surface area contributed by atoms with Gasteiger partial charge < -0.3 is 25.3 Å². The summed E-state index contributed by atoms with van der Waals surface area (Å²) in [7, 11) is 0. The van der Waals surface area contributed by atoms with E-state index in [1.165, 1.54) is 34.4 Å². The normalized spacial score (nSPS) is 17.9. The zero-order valence-electron chi connectivity index (χ0n) is 27.7. The Morgan fingerprint density at radius 3 is 2.31 bits per heavy atom. The van der Waals surface area contributed by atoms with E-state index in [2.05, 4.69) is 91.5 Å². The molecule has 2 saturated heterocycles. The second-order valence-corrected chi connectivity index (χ2v) is 12.9. The van der Waals surface area contributed by atoms with Crippen molar-refractivity contribution in [2.24, 2.45) is 0 Å². The van der Waals surface area contributed by atoms with Crippen LogP contribution < -0.4 is 20.7 Å². The van der Waals surface area contributed by atoms with Gasteiger partial charge >= 0.3 is 6.36 Å². The largest absolute Gasteiger partial charge is 0.573 e. The molecule has 3 aromatic carbocycles. The maximum atomic E-state index is 12.8. The first-order valence-electron chi connectivity index (χ1n) is 16.8. The number of aromatic nitrogens is 1. The van der Waals surface area contributed by atoms with Crippen molar-refractivity contribution in [2.75, 3.05) is 52.4 Å². The number of piperazine rings is 2. The minimum Gasteiger partial charge on any atom is -0.406 e. The summed E-state index contributed by atoms with van der Waals surface area (Å²) in [5, 5.41) is 10.6. The Morgan fingerprint density at radius 2 is 1.65 bits per heavy atom. The van der Waals surface area contributed by atoms with Gasteiger partial charge in [0.25, 0.3) is 0 Å². The lowest BCUT2D eigenvalue weighted by Crippen LogP contribution is -2.55. The average molecular weight is 663 g/mol. The molecule has 0 aliphatic carbocycles. The van der Waals surface area contributed by atoms with Gasteiger partial charge in [-0.2, -0.15) is 0 Å². The number of halogens is 3. The number of alkyl halides is 3. The molecular weight excluding hydrogens is 617 g/mol. The van der Waals surface area contributed by atoms with Crippen LogP contribution in [0.25, 0.3) is 22.0 Å². The summed E-state index contributed by atoms with van der Waals surface area (Å²) < 4.78 is 44.7. The smallest absolute Gasteiger partial charge is 0.406 e. The third-order valence-electron chi connectivity index (χ3n) is 9.47. The molecule has 1 atom stereocenters. The SMILES string of the molecule is Cc1cccc(C)c1CN1CCN(Cc2ccc3c(c2)c(-c2ccc(OC(F)(F)F)cc2)cn3CCCNC(=O)C2CNCCN2)CC1. The Labute approximate surface area is 280 Å². The molecule has 8 nitrogen and oxygen atoms in total. The molecule has 1 amide bonds. The molecule has 4 aromatic rings. The van der Waals surface area contributed by atoms with E-state index in [1.54, 1.807) is 12.1 Å². The third-order valence-corrected chi connectivity index (χ3v) is 9.47. The molecule has 2 fully saturated rings. The molecule has 48 heavy (non-hydrogen) atoms. The van der Waals surface area contributed by atoms with E-state index < -0.39 is 6.36 Å². The van der Waals surface area contributed by atoms with Crippen molar-refractivity contribution in [3.8, 4) is 16.9 Å². The van der Waals surface area contributed by atoms with Crippen LogP contribution in [-0.2, 0) is 24.4 Å². The number of hydrogen-bond acceptors (Lipinski definition) is 6. The quantitative estimate of drug-likeness (QED) is 0.192. The van der Waals surface area contributed by atoms with Crippen molar-refractivity contribution in [3.05, 3.63) is 89.1 Å². The lowest BCUT2D eigenvalue weighted by atomic mass is 10.0. The van der Waals surface area contributed by atoms with Crippen molar-refractivity contribution in [2.45, 2.75) is 52.3 Å². The molecule has 1 aromatic heterocycles. The van der Waals surface area contributed by atoms with Crippen molar-refractivity contribution < 1.29 is 22.7 Å². The fourth-order valence-electron chi connectivity index (χ4n) is 6.80. The predicted molar refractivity (Wildman–Crippen MR) is 183 cm³/mol. The molecule has 0 radical (unpaired) electrons. The monoisotopic (exact) mass is 662 g/mol. The van der Waals surface area contributed by atoms with Crippen LogP contribution in [0.2, 0.25) is 0 Å². The number of hydrogen-bond donors (Lipinski definition) is 3. The molecule has 2 aliphatic rings. The van der Waals surface area contributed by atoms with Crippen molar-refractivity contribution in [1.29, 1.82) is 0 Å². The highest BCUT2D eigenvalue weighted by Crippen LogP contribution is 2.34. The summed E-state index contributed by atoms with van der Waals surface area (Å²) >= 11 is 0. The Balaban J connectivity index is 1.15. The van der Waals surface area contributed by atoms with E-state index in [0.717, 1.165) is 80.8 Å². The number of ether oxygens (including phenoxy) is 1. The van der Waals surface area contributed by atoms with Gasteiger partial charge in [-0.15, -0.1) is 13.2 Å². The number of amides is 1. The molecule has 3 heterocycles. The van der Waals surface area contributed by atoms with Crippen molar-refractivity contribution in [3.63, 3.8) is 0 Å². The first kappa shape index (κ1) is 34.0. The van der Waals surface area contributed by atoms with E-state index in [1.807, 2.05) is 0 Å². The standard InChI is InChI=1S/C37H45F3N6O2/c1-26-5-3-6-27(2)32(26)24-45-19-17-44(18-20-45)23-28-7-12-35-31(21-28)33(29-8-10-30(11-9-29)48-37(38,39)40)25-46(35)16-4-13-43-36(47)34-22-41-14-15-42-34/h3,5-12,21,25,34,41-42H,4,13-20,22-24H2,1-2H3,(H,43,47). The summed E-state index contributed by atoms with van der Waals surface area (Å²) in [6.45, 7) is 13.6. The number of nitrogens with one attached hydrogen (secondary N) is 3.